The van der Waals surface area contributed by atoms with Gasteiger partial charge in [-0.05, 0) is 12.1 Å². The second kappa shape index (κ2) is 1.95. The van der Waals surface area contributed by atoms with Gasteiger partial charge in [-0.2, -0.15) is 9.90 Å². The Bertz CT molecular complexity index is 393. The highest BCUT2D eigenvalue weighted by Gasteiger charge is 2.02. The molecule has 1 aromatic heterocycles. The first-order valence-electron chi connectivity index (χ1n) is 3.26. The monoisotopic (exact) mass is 149 g/mol. The lowest BCUT2D eigenvalue weighted by Crippen LogP contribution is -1.90. The van der Waals surface area contributed by atoms with Gasteiger partial charge in [0.1, 0.15) is 11.3 Å². The number of aromatic hydroxyl groups is 1. The first kappa shape index (κ1) is 6.15. The van der Waals surface area contributed by atoms with Gasteiger partial charge in [-0.15, -0.1) is 5.10 Å². The fourth-order valence-corrected chi connectivity index (χ4v) is 1.03. The van der Waals surface area contributed by atoms with E-state index in [1.807, 2.05) is 6.07 Å². The lowest BCUT2D eigenvalue weighted by atomic mass is 10.3. The molecule has 0 aliphatic carbocycles. The van der Waals surface area contributed by atoms with E-state index in [4.69, 9.17) is 0 Å². The molecule has 1 heterocycles. The molecule has 0 spiro atoms. The van der Waals surface area contributed by atoms with Gasteiger partial charge >= 0.3 is 0 Å². The highest BCUT2D eigenvalue weighted by molar-refractivity contribution is 5.79. The highest BCUT2D eigenvalue weighted by Crippen LogP contribution is 2.19. The fourth-order valence-electron chi connectivity index (χ4n) is 1.03. The molecule has 0 amide bonds. The standard InChI is InChI=1S/C7H7N3O/c1-10-8-5-3-2-4-6(11)7(5)9-10/h2-4,11H,1H3. The number of phenolic OH excluding ortho intramolecular Hbond substituents is 1. The number of benzene rings is 1. The maximum atomic E-state index is 9.27. The number of fused-ring (bicyclic) bond motifs is 1. The van der Waals surface area contributed by atoms with Gasteiger partial charge in [0.05, 0.1) is 0 Å². The summed E-state index contributed by atoms with van der Waals surface area (Å²) in [5.74, 6) is 0.176. The van der Waals surface area contributed by atoms with Crippen molar-refractivity contribution >= 4 is 11.0 Å². The van der Waals surface area contributed by atoms with Crippen LogP contribution in [0.5, 0.6) is 5.75 Å². The summed E-state index contributed by atoms with van der Waals surface area (Å²) in [4.78, 5) is 1.43. The van der Waals surface area contributed by atoms with E-state index in [1.165, 1.54) is 4.80 Å². The molecule has 0 saturated carbocycles. The molecule has 1 aromatic carbocycles. The SMILES string of the molecule is Cn1nc2cccc(O)c2n1. The van der Waals surface area contributed by atoms with Gasteiger partial charge in [0.15, 0.2) is 5.52 Å². The molecular weight excluding hydrogens is 142 g/mol. The van der Waals surface area contributed by atoms with Crippen LogP contribution in [0.3, 0.4) is 0 Å². The Morgan fingerprint density at radius 2 is 2.18 bits per heavy atom. The third-order valence-corrected chi connectivity index (χ3v) is 1.49. The first-order chi connectivity index (χ1) is 5.27. The fraction of sp³-hybridized carbons (Fsp3) is 0.143. The molecule has 56 valence electrons. The van der Waals surface area contributed by atoms with Crippen molar-refractivity contribution in [2.45, 2.75) is 0 Å². The van der Waals surface area contributed by atoms with Crippen molar-refractivity contribution in [3.63, 3.8) is 0 Å². The number of rotatable bonds is 0. The Labute approximate surface area is 63.1 Å². The zero-order valence-corrected chi connectivity index (χ0v) is 6.02. The van der Waals surface area contributed by atoms with Gasteiger partial charge in [-0.3, -0.25) is 0 Å². The molecule has 0 aliphatic heterocycles. The van der Waals surface area contributed by atoms with Crippen LogP contribution < -0.4 is 0 Å². The van der Waals surface area contributed by atoms with E-state index in [0.29, 0.717) is 11.0 Å². The molecule has 0 fully saturated rings. The van der Waals surface area contributed by atoms with Crippen LogP contribution in [0.25, 0.3) is 11.0 Å². The Balaban J connectivity index is 2.90. The van der Waals surface area contributed by atoms with Crippen LogP contribution in [0.1, 0.15) is 0 Å². The Morgan fingerprint density at radius 1 is 1.36 bits per heavy atom. The van der Waals surface area contributed by atoms with Gasteiger partial charge in [-0.1, -0.05) is 6.07 Å². The summed E-state index contributed by atoms with van der Waals surface area (Å²) in [5, 5.41) is 17.3. The molecule has 4 nitrogen and oxygen atoms in total. The largest absolute Gasteiger partial charge is 0.506 e. The molecule has 2 aromatic rings. The van der Waals surface area contributed by atoms with Crippen molar-refractivity contribution in [1.29, 1.82) is 0 Å². The van der Waals surface area contributed by atoms with Crippen LogP contribution in [0.15, 0.2) is 18.2 Å². The molecule has 0 bridgehead atoms. The molecule has 0 atom stereocenters. The third kappa shape index (κ3) is 0.832. The molecule has 4 heteroatoms. The summed E-state index contributed by atoms with van der Waals surface area (Å²) < 4.78 is 0. The number of hydrogen-bond donors (Lipinski definition) is 1. The van der Waals surface area contributed by atoms with Crippen LogP contribution in [-0.4, -0.2) is 20.1 Å². The maximum Gasteiger partial charge on any atom is 0.154 e. The maximum absolute atomic E-state index is 9.27. The summed E-state index contributed by atoms with van der Waals surface area (Å²) in [6.45, 7) is 0. The number of aromatic nitrogens is 3. The Hall–Kier alpha value is -1.58. The van der Waals surface area contributed by atoms with E-state index < -0.39 is 0 Å². The summed E-state index contributed by atoms with van der Waals surface area (Å²) in [7, 11) is 1.72. The van der Waals surface area contributed by atoms with Crippen molar-refractivity contribution in [1.82, 2.24) is 15.0 Å². The molecule has 0 radical (unpaired) electrons. The topological polar surface area (TPSA) is 50.9 Å². The predicted octanol–water partition coefficient (Wildman–Crippen LogP) is 0.674. The number of aryl methyl sites for hydroxylation is 1. The average molecular weight is 149 g/mol. The van der Waals surface area contributed by atoms with E-state index in [9.17, 15) is 5.11 Å². The average Bonchev–Trinajstić information content (AvgIpc) is 2.31. The minimum absolute atomic E-state index is 0.176. The minimum atomic E-state index is 0.176. The molecule has 0 saturated heterocycles. The van der Waals surface area contributed by atoms with E-state index in [-0.39, 0.29) is 5.75 Å². The molecule has 11 heavy (non-hydrogen) atoms. The van der Waals surface area contributed by atoms with Crippen LogP contribution in [-0.2, 0) is 7.05 Å². The summed E-state index contributed by atoms with van der Waals surface area (Å²) >= 11 is 0. The second-order valence-corrected chi connectivity index (χ2v) is 2.33. The quantitative estimate of drug-likeness (QED) is 0.599. The zero-order valence-electron chi connectivity index (χ0n) is 6.02. The van der Waals surface area contributed by atoms with Crippen LogP contribution in [0, 0.1) is 0 Å². The van der Waals surface area contributed by atoms with Crippen molar-refractivity contribution in [2.75, 3.05) is 0 Å². The molecular formula is C7H7N3O. The highest BCUT2D eigenvalue weighted by atomic mass is 16.3. The Morgan fingerprint density at radius 3 is 2.91 bits per heavy atom. The van der Waals surface area contributed by atoms with Gasteiger partial charge in [0, 0.05) is 7.05 Å². The zero-order chi connectivity index (χ0) is 7.84. The van der Waals surface area contributed by atoms with Gasteiger partial charge in [-0.25, -0.2) is 0 Å². The predicted molar refractivity (Wildman–Crippen MR) is 40.2 cm³/mol. The molecule has 1 N–H and O–H groups in total. The van der Waals surface area contributed by atoms with Crippen molar-refractivity contribution in [3.8, 4) is 5.75 Å². The van der Waals surface area contributed by atoms with Crippen LogP contribution in [0.2, 0.25) is 0 Å². The second-order valence-electron chi connectivity index (χ2n) is 2.33. The third-order valence-electron chi connectivity index (χ3n) is 1.49. The van der Waals surface area contributed by atoms with Gasteiger partial charge in [0.25, 0.3) is 0 Å². The summed E-state index contributed by atoms with van der Waals surface area (Å²) in [5.41, 5.74) is 1.27. The van der Waals surface area contributed by atoms with Crippen LogP contribution in [0.4, 0.5) is 0 Å². The Kier molecular flexibility index (Phi) is 1.09. The van der Waals surface area contributed by atoms with Gasteiger partial charge < -0.3 is 5.11 Å². The molecule has 0 aliphatic rings. The van der Waals surface area contributed by atoms with Crippen LogP contribution >= 0.6 is 0 Å². The normalized spacial score (nSPS) is 10.6. The smallest absolute Gasteiger partial charge is 0.154 e. The molecule has 2 rings (SSSR count). The lowest BCUT2D eigenvalue weighted by molar-refractivity contribution is 0.479. The lowest BCUT2D eigenvalue weighted by Gasteiger charge is -1.87. The van der Waals surface area contributed by atoms with Gasteiger partial charge in [0.2, 0.25) is 0 Å². The first-order valence-corrected chi connectivity index (χ1v) is 3.26. The minimum Gasteiger partial charge on any atom is -0.506 e. The number of hydrogen-bond acceptors (Lipinski definition) is 3. The summed E-state index contributed by atoms with van der Waals surface area (Å²) in [6, 6.07) is 5.14. The van der Waals surface area contributed by atoms with E-state index in [0.717, 1.165) is 0 Å². The van der Waals surface area contributed by atoms with E-state index in [2.05, 4.69) is 10.2 Å². The van der Waals surface area contributed by atoms with E-state index >= 15 is 0 Å². The molecule has 0 unspecified atom stereocenters. The van der Waals surface area contributed by atoms with Crippen molar-refractivity contribution in [2.24, 2.45) is 7.05 Å². The van der Waals surface area contributed by atoms with Crippen molar-refractivity contribution < 1.29 is 5.11 Å². The summed E-state index contributed by atoms with van der Waals surface area (Å²) in [6.07, 6.45) is 0. The number of nitrogens with zero attached hydrogens (tertiary/aromatic N) is 3. The van der Waals surface area contributed by atoms with Crippen molar-refractivity contribution in [3.05, 3.63) is 18.2 Å². The number of phenols is 1. The van der Waals surface area contributed by atoms with E-state index in [1.54, 1.807) is 19.2 Å².